The Morgan fingerprint density at radius 2 is 1.91 bits per heavy atom. The Morgan fingerprint density at radius 1 is 1.12 bits per heavy atom. The van der Waals surface area contributed by atoms with Gasteiger partial charge in [0.05, 0.1) is 6.54 Å². The van der Waals surface area contributed by atoms with Gasteiger partial charge in [-0.15, -0.1) is 0 Å². The number of rotatable bonds is 8. The van der Waals surface area contributed by atoms with Crippen LogP contribution in [0.3, 0.4) is 0 Å². The van der Waals surface area contributed by atoms with E-state index in [1.165, 1.54) is 6.07 Å². The van der Waals surface area contributed by atoms with Crippen LogP contribution >= 0.6 is 0 Å². The largest absolute Gasteiger partial charge is 0.454 e. The summed E-state index contributed by atoms with van der Waals surface area (Å²) in [4.78, 5) is 4.20. The van der Waals surface area contributed by atoms with Crippen molar-refractivity contribution in [2.45, 2.75) is 26.2 Å². The topological polar surface area (TPSA) is 81.9 Å². The van der Waals surface area contributed by atoms with E-state index in [2.05, 4.69) is 31.5 Å². The lowest BCUT2D eigenvalue weighted by atomic mass is 10.1. The lowest BCUT2D eigenvalue weighted by molar-refractivity contribution is -0.0505. The van der Waals surface area contributed by atoms with Crippen LogP contribution in [0, 0.1) is 0 Å². The molecule has 0 spiro atoms. The molecule has 10 heteroatoms. The summed E-state index contributed by atoms with van der Waals surface area (Å²) in [5, 5.41) is 10.6. The van der Waals surface area contributed by atoms with Crippen molar-refractivity contribution < 1.29 is 23.0 Å². The summed E-state index contributed by atoms with van der Waals surface area (Å²) in [7, 11) is 1.64. The second-order valence-electron chi connectivity index (χ2n) is 6.99. The van der Waals surface area contributed by atoms with Gasteiger partial charge in [-0.3, -0.25) is 9.67 Å². The number of guanidine groups is 1. The first-order valence-corrected chi connectivity index (χ1v) is 9.98. The molecular weight excluding hydrogens is 420 g/mol. The number of hydrogen-bond acceptors (Lipinski definition) is 5. The Bertz CT molecular complexity index is 1070. The number of fused-ring (bicyclic) bond motifs is 1. The van der Waals surface area contributed by atoms with E-state index in [0.717, 1.165) is 11.1 Å². The number of benzene rings is 2. The van der Waals surface area contributed by atoms with Gasteiger partial charge in [-0.05, 0) is 23.3 Å². The van der Waals surface area contributed by atoms with Crippen molar-refractivity contribution in [1.82, 2.24) is 20.4 Å². The van der Waals surface area contributed by atoms with Gasteiger partial charge >= 0.3 is 6.61 Å². The predicted octanol–water partition coefficient (Wildman–Crippen LogP) is 3.13. The fraction of sp³-hybridized carbons (Fsp3) is 0.273. The van der Waals surface area contributed by atoms with Crippen molar-refractivity contribution in [3.05, 3.63) is 71.5 Å². The Balaban J connectivity index is 1.37. The van der Waals surface area contributed by atoms with Gasteiger partial charge in [-0.1, -0.05) is 24.3 Å². The van der Waals surface area contributed by atoms with E-state index < -0.39 is 6.61 Å². The van der Waals surface area contributed by atoms with Crippen LogP contribution < -0.4 is 24.8 Å². The summed E-state index contributed by atoms with van der Waals surface area (Å²) in [6, 6.07) is 13.1. The highest BCUT2D eigenvalue weighted by Gasteiger charge is 2.20. The quantitative estimate of drug-likeness (QED) is 0.411. The number of nitrogens with one attached hydrogen (secondary N) is 2. The van der Waals surface area contributed by atoms with Gasteiger partial charge in [0.25, 0.3) is 0 Å². The molecule has 0 bridgehead atoms. The molecule has 1 aliphatic rings. The summed E-state index contributed by atoms with van der Waals surface area (Å²) >= 11 is 0. The summed E-state index contributed by atoms with van der Waals surface area (Å²) < 4.78 is 42.7. The van der Waals surface area contributed by atoms with Gasteiger partial charge in [-0.25, -0.2) is 0 Å². The third-order valence-corrected chi connectivity index (χ3v) is 4.80. The molecular formula is C22H23F2N5O3. The fourth-order valence-electron chi connectivity index (χ4n) is 3.31. The molecule has 2 aromatic carbocycles. The average molecular weight is 443 g/mol. The molecule has 1 aromatic heterocycles. The van der Waals surface area contributed by atoms with Crippen LogP contribution in [0.4, 0.5) is 8.78 Å². The molecule has 0 aliphatic carbocycles. The van der Waals surface area contributed by atoms with Crippen molar-refractivity contribution in [2.24, 2.45) is 4.99 Å². The van der Waals surface area contributed by atoms with E-state index in [1.54, 1.807) is 19.3 Å². The molecule has 0 unspecified atom stereocenters. The molecule has 0 radical (unpaired) electrons. The zero-order valence-electron chi connectivity index (χ0n) is 17.4. The molecule has 0 saturated carbocycles. The first-order valence-electron chi connectivity index (χ1n) is 9.98. The standard InChI is InChI=1S/C22H23F2N5O3/c1-25-22(26-11-15-4-2-5-16(8-15)13-29-7-3-6-28-29)27-12-17-9-19-20(31-14-30-19)10-18(17)32-21(23)24/h2-10,21H,11-14H2,1H3,(H2,25,26,27). The van der Waals surface area contributed by atoms with Crippen LogP contribution in [0.25, 0.3) is 0 Å². The van der Waals surface area contributed by atoms with Crippen molar-refractivity contribution in [2.75, 3.05) is 13.8 Å². The molecule has 0 atom stereocenters. The molecule has 8 nitrogen and oxygen atoms in total. The summed E-state index contributed by atoms with van der Waals surface area (Å²) in [6.45, 7) is -1.47. The lowest BCUT2D eigenvalue weighted by Gasteiger charge is -2.15. The van der Waals surface area contributed by atoms with E-state index in [0.29, 0.717) is 36.1 Å². The second-order valence-corrected chi connectivity index (χ2v) is 6.99. The van der Waals surface area contributed by atoms with E-state index in [1.807, 2.05) is 35.1 Å². The SMILES string of the molecule is CN=C(NCc1cccc(Cn2cccn2)c1)NCc1cc2c(cc1OC(F)F)OCO2. The molecule has 3 aromatic rings. The molecule has 168 valence electrons. The Hall–Kier alpha value is -3.82. The van der Waals surface area contributed by atoms with Crippen LogP contribution in [-0.2, 0) is 19.6 Å². The maximum atomic E-state index is 12.8. The van der Waals surface area contributed by atoms with Crippen LogP contribution in [0.5, 0.6) is 17.2 Å². The highest BCUT2D eigenvalue weighted by Crippen LogP contribution is 2.38. The number of halogens is 2. The van der Waals surface area contributed by atoms with Gasteiger partial charge < -0.3 is 24.8 Å². The zero-order valence-corrected chi connectivity index (χ0v) is 17.4. The minimum Gasteiger partial charge on any atom is -0.454 e. The number of ether oxygens (including phenoxy) is 3. The normalized spacial score (nSPS) is 12.8. The molecule has 1 aliphatic heterocycles. The third kappa shape index (κ3) is 5.45. The maximum Gasteiger partial charge on any atom is 0.387 e. The van der Waals surface area contributed by atoms with E-state index in [-0.39, 0.29) is 19.1 Å². The minimum absolute atomic E-state index is 0.0264. The molecule has 32 heavy (non-hydrogen) atoms. The lowest BCUT2D eigenvalue weighted by Crippen LogP contribution is -2.36. The van der Waals surface area contributed by atoms with Gasteiger partial charge in [-0.2, -0.15) is 13.9 Å². The van der Waals surface area contributed by atoms with Crippen LogP contribution in [0.1, 0.15) is 16.7 Å². The summed E-state index contributed by atoms with van der Waals surface area (Å²) in [5.74, 6) is 1.41. The third-order valence-electron chi connectivity index (χ3n) is 4.80. The molecule has 4 rings (SSSR count). The molecule has 0 fully saturated rings. The number of aromatic nitrogens is 2. The van der Waals surface area contributed by atoms with Gasteiger partial charge in [0.1, 0.15) is 5.75 Å². The number of hydrogen-bond donors (Lipinski definition) is 2. The van der Waals surface area contributed by atoms with Gasteiger partial charge in [0, 0.05) is 44.2 Å². The average Bonchev–Trinajstić information content (AvgIpc) is 3.45. The zero-order chi connectivity index (χ0) is 22.3. The van der Waals surface area contributed by atoms with E-state index >= 15 is 0 Å². The first-order chi connectivity index (χ1) is 15.6. The molecule has 0 saturated heterocycles. The predicted molar refractivity (Wildman–Crippen MR) is 114 cm³/mol. The highest BCUT2D eigenvalue weighted by atomic mass is 19.3. The molecule has 2 N–H and O–H groups in total. The Labute approximate surface area is 183 Å². The fourth-order valence-corrected chi connectivity index (χ4v) is 3.31. The molecule has 0 amide bonds. The van der Waals surface area contributed by atoms with Crippen molar-refractivity contribution in [3.63, 3.8) is 0 Å². The smallest absolute Gasteiger partial charge is 0.387 e. The van der Waals surface area contributed by atoms with E-state index in [9.17, 15) is 8.78 Å². The Kier molecular flexibility index (Phi) is 6.69. The van der Waals surface area contributed by atoms with Gasteiger partial charge in [0.2, 0.25) is 6.79 Å². The first kappa shape index (κ1) is 21.4. The van der Waals surface area contributed by atoms with Crippen LogP contribution in [0.2, 0.25) is 0 Å². The van der Waals surface area contributed by atoms with Crippen molar-refractivity contribution >= 4 is 5.96 Å². The number of alkyl halides is 2. The summed E-state index contributed by atoms with van der Waals surface area (Å²) in [5.41, 5.74) is 2.70. The maximum absolute atomic E-state index is 12.8. The minimum atomic E-state index is -2.94. The monoisotopic (exact) mass is 443 g/mol. The second kappa shape index (κ2) is 9.99. The highest BCUT2D eigenvalue weighted by molar-refractivity contribution is 5.79. The summed E-state index contributed by atoms with van der Waals surface area (Å²) in [6.07, 6.45) is 3.66. The number of nitrogens with zero attached hydrogens (tertiary/aromatic N) is 3. The van der Waals surface area contributed by atoms with Crippen LogP contribution in [-0.4, -0.2) is 36.2 Å². The van der Waals surface area contributed by atoms with Crippen molar-refractivity contribution in [3.8, 4) is 17.2 Å². The van der Waals surface area contributed by atoms with Crippen molar-refractivity contribution in [1.29, 1.82) is 0 Å². The van der Waals surface area contributed by atoms with Crippen LogP contribution in [0.15, 0.2) is 59.9 Å². The molecule has 2 heterocycles. The Morgan fingerprint density at radius 3 is 2.66 bits per heavy atom. The van der Waals surface area contributed by atoms with E-state index in [4.69, 9.17) is 9.47 Å². The number of aliphatic imine (C=N–C) groups is 1. The van der Waals surface area contributed by atoms with Gasteiger partial charge in [0.15, 0.2) is 17.5 Å².